The smallest absolute Gasteiger partial charge is 0.203 e. The van der Waals surface area contributed by atoms with Crippen LogP contribution in [0.2, 0.25) is 0 Å². The quantitative estimate of drug-likeness (QED) is 0.563. The first-order chi connectivity index (χ1) is 6.18. The summed E-state index contributed by atoms with van der Waals surface area (Å²) in [7, 11) is -2.25. The zero-order valence-corrected chi connectivity index (χ0v) is 10.1. The monoisotopic (exact) mass is 206 g/mol. The van der Waals surface area contributed by atoms with E-state index in [-0.39, 0.29) is 0 Å². The lowest BCUT2D eigenvalue weighted by Gasteiger charge is -2.16. The molecular weight excluding hydrogens is 183 g/mol. The largest absolute Gasteiger partial charge is 0.329 e. The second-order valence-corrected chi connectivity index (χ2v) is 6.17. The Bertz CT molecular complexity index is 145. The maximum atomic E-state index is 12.1. The predicted octanol–water partition coefficient (Wildman–Crippen LogP) is 3.90. The van der Waals surface area contributed by atoms with Crippen molar-refractivity contribution in [3.63, 3.8) is 0 Å². The van der Waals surface area contributed by atoms with Crippen LogP contribution in [-0.2, 0) is 9.09 Å². The number of hydrogen-bond acceptors (Lipinski definition) is 2. The van der Waals surface area contributed by atoms with Crippen molar-refractivity contribution in [2.24, 2.45) is 0 Å². The van der Waals surface area contributed by atoms with E-state index in [1.165, 1.54) is 0 Å². The molecule has 0 aliphatic heterocycles. The molecule has 0 aliphatic rings. The van der Waals surface area contributed by atoms with E-state index in [1.807, 2.05) is 6.92 Å². The van der Waals surface area contributed by atoms with Crippen LogP contribution < -0.4 is 0 Å². The van der Waals surface area contributed by atoms with Crippen LogP contribution in [0.5, 0.6) is 0 Å². The molecule has 0 aromatic heterocycles. The highest BCUT2D eigenvalue weighted by Crippen LogP contribution is 2.48. The highest BCUT2D eigenvalue weighted by molar-refractivity contribution is 7.58. The number of rotatable bonds is 8. The molecular formula is C10H23O2P. The van der Waals surface area contributed by atoms with Crippen LogP contribution in [-0.4, -0.2) is 18.9 Å². The van der Waals surface area contributed by atoms with Gasteiger partial charge in [0.15, 0.2) is 0 Å². The van der Waals surface area contributed by atoms with Gasteiger partial charge in [0.05, 0.1) is 6.61 Å². The molecule has 0 amide bonds. The van der Waals surface area contributed by atoms with Crippen molar-refractivity contribution in [3.8, 4) is 0 Å². The van der Waals surface area contributed by atoms with Gasteiger partial charge in [0.1, 0.15) is 0 Å². The minimum absolute atomic E-state index is 0.588. The molecule has 0 atom stereocenters. The molecule has 0 bridgehead atoms. The molecule has 13 heavy (non-hydrogen) atoms. The summed E-state index contributed by atoms with van der Waals surface area (Å²) in [6.07, 6.45) is 5.81. The first-order valence-corrected chi connectivity index (χ1v) is 7.40. The second-order valence-electron chi connectivity index (χ2n) is 3.39. The van der Waals surface area contributed by atoms with Gasteiger partial charge in [0.2, 0.25) is 7.37 Å². The molecule has 0 unspecified atom stereocenters. The first kappa shape index (κ1) is 13.2. The van der Waals surface area contributed by atoms with Gasteiger partial charge in [-0.25, -0.2) is 0 Å². The minimum Gasteiger partial charge on any atom is -0.329 e. The molecule has 0 aromatic rings. The summed E-state index contributed by atoms with van der Waals surface area (Å²) in [5, 5.41) is 0. The van der Waals surface area contributed by atoms with Crippen molar-refractivity contribution in [2.45, 2.75) is 46.5 Å². The molecule has 0 radical (unpaired) electrons. The van der Waals surface area contributed by atoms with Crippen LogP contribution >= 0.6 is 7.37 Å². The van der Waals surface area contributed by atoms with E-state index in [4.69, 9.17) is 4.52 Å². The van der Waals surface area contributed by atoms with Gasteiger partial charge < -0.3 is 4.52 Å². The molecule has 0 spiro atoms. The third kappa shape index (κ3) is 6.29. The van der Waals surface area contributed by atoms with Crippen molar-refractivity contribution in [3.05, 3.63) is 0 Å². The molecule has 2 nitrogen and oxygen atoms in total. The Morgan fingerprint density at radius 2 is 1.46 bits per heavy atom. The Kier molecular flexibility index (Phi) is 7.69. The lowest BCUT2D eigenvalue weighted by Crippen LogP contribution is -2.00. The fraction of sp³-hybridized carbons (Fsp3) is 1.00. The lowest BCUT2D eigenvalue weighted by atomic mass is 10.4. The van der Waals surface area contributed by atoms with Gasteiger partial charge in [-0.2, -0.15) is 0 Å². The van der Waals surface area contributed by atoms with Crippen molar-refractivity contribution in [1.82, 2.24) is 0 Å². The molecule has 0 rings (SSSR count). The Morgan fingerprint density at radius 3 is 1.77 bits per heavy atom. The fourth-order valence-electron chi connectivity index (χ4n) is 1.27. The van der Waals surface area contributed by atoms with Gasteiger partial charge in [0.25, 0.3) is 0 Å². The molecule has 0 heterocycles. The van der Waals surface area contributed by atoms with Gasteiger partial charge in [-0.05, 0) is 19.8 Å². The summed E-state index contributed by atoms with van der Waals surface area (Å²) in [5.41, 5.74) is 0. The Morgan fingerprint density at radius 1 is 1.00 bits per heavy atom. The van der Waals surface area contributed by atoms with E-state index in [9.17, 15) is 4.57 Å². The maximum absolute atomic E-state index is 12.1. The molecule has 0 fully saturated rings. The molecule has 0 aliphatic carbocycles. The number of unbranched alkanes of at least 4 members (excludes halogenated alkanes) is 2. The van der Waals surface area contributed by atoms with E-state index in [1.54, 1.807) is 0 Å². The fourth-order valence-corrected chi connectivity index (χ4v) is 3.82. The highest BCUT2D eigenvalue weighted by atomic mass is 31.2. The number of hydrogen-bond donors (Lipinski definition) is 0. The van der Waals surface area contributed by atoms with Crippen LogP contribution in [0.4, 0.5) is 0 Å². The zero-order chi connectivity index (χ0) is 10.2. The molecule has 0 saturated carbocycles. The van der Waals surface area contributed by atoms with Crippen molar-refractivity contribution >= 4 is 7.37 Å². The van der Waals surface area contributed by atoms with Crippen LogP contribution in [0.1, 0.15) is 46.5 Å². The third-order valence-electron chi connectivity index (χ3n) is 2.07. The molecule has 80 valence electrons. The molecule has 0 saturated heterocycles. The van der Waals surface area contributed by atoms with Crippen molar-refractivity contribution in [2.75, 3.05) is 18.9 Å². The summed E-state index contributed by atoms with van der Waals surface area (Å²) in [5.74, 6) is 0. The van der Waals surface area contributed by atoms with Crippen LogP contribution in [0.15, 0.2) is 0 Å². The van der Waals surface area contributed by atoms with Crippen LogP contribution in [0, 0.1) is 0 Å². The Hall–Kier alpha value is 0.190. The van der Waals surface area contributed by atoms with Gasteiger partial charge in [-0.3, -0.25) is 4.57 Å². The summed E-state index contributed by atoms with van der Waals surface area (Å²) in [6.45, 7) is 6.75. The van der Waals surface area contributed by atoms with E-state index < -0.39 is 7.37 Å². The van der Waals surface area contributed by atoms with Crippen molar-refractivity contribution < 1.29 is 9.09 Å². The minimum atomic E-state index is -2.25. The lowest BCUT2D eigenvalue weighted by molar-refractivity contribution is 0.331. The molecule has 3 heteroatoms. The van der Waals surface area contributed by atoms with Crippen LogP contribution in [0.25, 0.3) is 0 Å². The first-order valence-electron chi connectivity index (χ1n) is 5.41. The van der Waals surface area contributed by atoms with Gasteiger partial charge in [-0.15, -0.1) is 0 Å². The summed E-state index contributed by atoms with van der Waals surface area (Å²) < 4.78 is 17.5. The van der Waals surface area contributed by atoms with Gasteiger partial charge >= 0.3 is 0 Å². The summed E-state index contributed by atoms with van der Waals surface area (Å²) in [6, 6.07) is 0. The Labute approximate surface area is 82.5 Å². The summed E-state index contributed by atoms with van der Waals surface area (Å²) >= 11 is 0. The van der Waals surface area contributed by atoms with E-state index in [0.717, 1.165) is 38.0 Å². The maximum Gasteiger partial charge on any atom is 0.203 e. The van der Waals surface area contributed by atoms with Crippen molar-refractivity contribution in [1.29, 1.82) is 0 Å². The average molecular weight is 206 g/mol. The highest BCUT2D eigenvalue weighted by Gasteiger charge is 2.20. The topological polar surface area (TPSA) is 26.3 Å². The van der Waals surface area contributed by atoms with Gasteiger partial charge in [0, 0.05) is 12.3 Å². The Balaban J connectivity index is 3.92. The van der Waals surface area contributed by atoms with E-state index in [2.05, 4.69) is 13.8 Å². The molecule has 0 N–H and O–H groups in total. The zero-order valence-electron chi connectivity index (χ0n) is 9.21. The predicted molar refractivity (Wildman–Crippen MR) is 58.8 cm³/mol. The average Bonchev–Trinajstić information content (AvgIpc) is 2.12. The third-order valence-corrected chi connectivity index (χ3v) is 4.79. The van der Waals surface area contributed by atoms with E-state index in [0.29, 0.717) is 6.61 Å². The van der Waals surface area contributed by atoms with Gasteiger partial charge in [-0.1, -0.05) is 26.7 Å². The second kappa shape index (κ2) is 7.58. The molecule has 0 aromatic carbocycles. The normalized spacial score (nSPS) is 11.9. The SMILES string of the molecule is CCCCP(=O)(CCCC)OCC. The van der Waals surface area contributed by atoms with Crippen LogP contribution in [0.3, 0.4) is 0 Å². The standard InChI is InChI=1S/C10H23O2P/c1-4-7-9-13(11,12-6-3)10-8-5-2/h4-10H2,1-3H3. The summed E-state index contributed by atoms with van der Waals surface area (Å²) in [4.78, 5) is 0. The van der Waals surface area contributed by atoms with E-state index >= 15 is 0 Å².